The van der Waals surface area contributed by atoms with Gasteiger partial charge in [0.15, 0.2) is 11.5 Å². The van der Waals surface area contributed by atoms with Crippen LogP contribution < -0.4 is 14.8 Å². The molecule has 0 aliphatic rings. The smallest absolute Gasteiger partial charge is 0.161 e. The first-order valence-corrected chi connectivity index (χ1v) is 7.84. The summed E-state index contributed by atoms with van der Waals surface area (Å²) < 4.78 is 11.1. The average molecular weight is 291 g/mol. The molecule has 118 valence electrons. The van der Waals surface area contributed by atoms with E-state index >= 15 is 0 Å². The summed E-state index contributed by atoms with van der Waals surface area (Å²) in [5.74, 6) is 1.61. The maximum atomic E-state index is 5.68. The van der Waals surface area contributed by atoms with Crippen molar-refractivity contribution < 1.29 is 9.47 Å². The molecular weight excluding hydrogens is 262 g/mol. The van der Waals surface area contributed by atoms with Crippen LogP contribution >= 0.6 is 0 Å². The van der Waals surface area contributed by atoms with Crippen LogP contribution in [0.2, 0.25) is 0 Å². The number of ether oxygens (including phenoxy) is 2. The molecule has 1 rings (SSSR count). The van der Waals surface area contributed by atoms with E-state index in [2.05, 4.69) is 45.2 Å². The molecule has 0 aliphatic carbocycles. The summed E-state index contributed by atoms with van der Waals surface area (Å²) >= 11 is 0. The van der Waals surface area contributed by atoms with Gasteiger partial charge < -0.3 is 14.8 Å². The Morgan fingerprint density at radius 2 is 2.00 bits per heavy atom. The van der Waals surface area contributed by atoms with Crippen molar-refractivity contribution in [3.8, 4) is 11.5 Å². The molecule has 1 aromatic carbocycles. The zero-order chi connectivity index (χ0) is 15.7. The van der Waals surface area contributed by atoms with Gasteiger partial charge in [0, 0.05) is 12.6 Å². The minimum Gasteiger partial charge on any atom is -0.493 e. The average Bonchev–Trinajstić information content (AvgIpc) is 2.49. The normalized spacial score (nSPS) is 11.8. The van der Waals surface area contributed by atoms with Crippen LogP contribution in [0, 0.1) is 0 Å². The van der Waals surface area contributed by atoms with Gasteiger partial charge in [0.05, 0.1) is 13.7 Å². The topological polar surface area (TPSA) is 30.5 Å². The van der Waals surface area contributed by atoms with Crippen molar-refractivity contribution in [3.63, 3.8) is 0 Å². The molecule has 0 spiro atoms. The molecule has 0 aliphatic heterocycles. The van der Waals surface area contributed by atoms with E-state index < -0.39 is 0 Å². The van der Waals surface area contributed by atoms with Gasteiger partial charge in [-0.05, 0) is 30.5 Å². The summed E-state index contributed by atoms with van der Waals surface area (Å²) in [7, 11) is 1.68. The molecule has 0 heterocycles. The Hall–Kier alpha value is -1.48. The Morgan fingerprint density at radius 3 is 2.57 bits per heavy atom. The lowest BCUT2D eigenvalue weighted by Crippen LogP contribution is -2.24. The van der Waals surface area contributed by atoms with E-state index in [1.54, 1.807) is 7.11 Å². The van der Waals surface area contributed by atoms with E-state index in [1.165, 1.54) is 5.57 Å². The molecule has 3 nitrogen and oxygen atoms in total. The Bertz CT molecular complexity index is 453. The van der Waals surface area contributed by atoms with Crippen LogP contribution in [0.3, 0.4) is 0 Å². The molecule has 0 radical (unpaired) electrons. The molecule has 0 unspecified atom stereocenters. The van der Waals surface area contributed by atoms with Crippen molar-refractivity contribution in [2.45, 2.75) is 46.6 Å². The predicted molar refractivity (Wildman–Crippen MR) is 90.2 cm³/mol. The fourth-order valence-corrected chi connectivity index (χ4v) is 1.95. The zero-order valence-electron chi connectivity index (χ0n) is 14.0. The highest BCUT2D eigenvalue weighted by Gasteiger charge is 2.05. The van der Waals surface area contributed by atoms with E-state index in [-0.39, 0.29) is 0 Å². The van der Waals surface area contributed by atoms with Gasteiger partial charge in [-0.1, -0.05) is 45.4 Å². The quantitative estimate of drug-likeness (QED) is 0.737. The van der Waals surface area contributed by atoms with Crippen LogP contribution in [-0.4, -0.2) is 26.3 Å². The molecule has 0 bridgehead atoms. The summed E-state index contributed by atoms with van der Waals surface area (Å²) in [6.07, 6.45) is 4.25. The lowest BCUT2D eigenvalue weighted by atomic mass is 10.1. The van der Waals surface area contributed by atoms with Crippen molar-refractivity contribution >= 4 is 6.08 Å². The largest absolute Gasteiger partial charge is 0.493 e. The zero-order valence-corrected chi connectivity index (χ0v) is 14.0. The van der Waals surface area contributed by atoms with E-state index in [0.29, 0.717) is 12.6 Å². The monoisotopic (exact) mass is 291 g/mol. The van der Waals surface area contributed by atoms with Crippen LogP contribution in [-0.2, 0) is 0 Å². The number of nitrogens with one attached hydrogen (secondary N) is 1. The molecule has 1 N–H and O–H groups in total. The van der Waals surface area contributed by atoms with Gasteiger partial charge in [-0.15, -0.1) is 0 Å². The van der Waals surface area contributed by atoms with E-state index in [1.807, 2.05) is 12.1 Å². The highest BCUT2D eigenvalue weighted by molar-refractivity contribution is 5.58. The van der Waals surface area contributed by atoms with Crippen LogP contribution in [0.1, 0.15) is 46.1 Å². The molecule has 0 saturated carbocycles. The molecule has 0 aromatic heterocycles. The minimum absolute atomic E-state index is 0.499. The van der Waals surface area contributed by atoms with E-state index in [4.69, 9.17) is 9.47 Å². The van der Waals surface area contributed by atoms with Crippen molar-refractivity contribution in [2.24, 2.45) is 0 Å². The summed E-state index contributed by atoms with van der Waals surface area (Å²) in [6, 6.07) is 6.61. The second kappa shape index (κ2) is 9.46. The van der Waals surface area contributed by atoms with E-state index in [0.717, 1.165) is 36.4 Å². The number of rotatable bonds is 9. The molecule has 0 saturated heterocycles. The number of hydrogen-bond acceptors (Lipinski definition) is 3. The van der Waals surface area contributed by atoms with Gasteiger partial charge in [0.25, 0.3) is 0 Å². The molecule has 21 heavy (non-hydrogen) atoms. The summed E-state index contributed by atoms with van der Waals surface area (Å²) in [5.41, 5.74) is 2.53. The molecular formula is C18H29NO2. The van der Waals surface area contributed by atoms with Gasteiger partial charge in [-0.2, -0.15) is 0 Å². The van der Waals surface area contributed by atoms with Crippen molar-refractivity contribution in [2.75, 3.05) is 20.3 Å². The van der Waals surface area contributed by atoms with Crippen LogP contribution in [0.4, 0.5) is 0 Å². The summed E-state index contributed by atoms with van der Waals surface area (Å²) in [4.78, 5) is 0. The first-order chi connectivity index (χ1) is 10.1. The van der Waals surface area contributed by atoms with Crippen molar-refractivity contribution in [3.05, 3.63) is 29.3 Å². The highest BCUT2D eigenvalue weighted by Crippen LogP contribution is 2.29. The Balaban J connectivity index is 2.86. The molecule has 0 fully saturated rings. The van der Waals surface area contributed by atoms with Gasteiger partial charge in [0.2, 0.25) is 0 Å². The summed E-state index contributed by atoms with van der Waals surface area (Å²) in [5, 5.41) is 3.46. The second-order valence-corrected chi connectivity index (χ2v) is 5.45. The van der Waals surface area contributed by atoms with Crippen LogP contribution in [0.5, 0.6) is 11.5 Å². The Labute approximate surface area is 129 Å². The minimum atomic E-state index is 0.499. The highest BCUT2D eigenvalue weighted by atomic mass is 16.5. The third kappa shape index (κ3) is 6.21. The number of hydrogen-bond donors (Lipinski definition) is 1. The van der Waals surface area contributed by atoms with Crippen LogP contribution in [0.15, 0.2) is 23.8 Å². The van der Waals surface area contributed by atoms with Gasteiger partial charge in [0.1, 0.15) is 0 Å². The third-order valence-corrected chi connectivity index (χ3v) is 3.21. The summed E-state index contributed by atoms with van der Waals surface area (Å²) in [6.45, 7) is 10.2. The third-order valence-electron chi connectivity index (χ3n) is 3.21. The van der Waals surface area contributed by atoms with Crippen LogP contribution in [0.25, 0.3) is 6.08 Å². The maximum absolute atomic E-state index is 5.68. The SMILES string of the molecule is CCCOc1ccc(C=C(CC)CNC(C)C)cc1OC. The Kier molecular flexibility index (Phi) is 7.91. The lowest BCUT2D eigenvalue weighted by Gasteiger charge is -2.12. The van der Waals surface area contributed by atoms with Gasteiger partial charge in [-0.3, -0.25) is 0 Å². The second-order valence-electron chi connectivity index (χ2n) is 5.45. The first-order valence-electron chi connectivity index (χ1n) is 7.84. The van der Waals surface area contributed by atoms with Crippen molar-refractivity contribution in [1.82, 2.24) is 5.32 Å². The Morgan fingerprint density at radius 1 is 1.24 bits per heavy atom. The standard InChI is InChI=1S/C18H29NO2/c1-6-10-21-17-9-8-16(12-18(17)20-5)11-15(7-2)13-19-14(3)4/h8-9,11-12,14,19H,6-7,10,13H2,1-5H3. The predicted octanol–water partition coefficient (Wildman–Crippen LogP) is 4.28. The molecule has 0 amide bonds. The van der Waals surface area contributed by atoms with Gasteiger partial charge >= 0.3 is 0 Å². The maximum Gasteiger partial charge on any atom is 0.161 e. The number of methoxy groups -OCH3 is 1. The molecule has 3 heteroatoms. The number of benzene rings is 1. The fourth-order valence-electron chi connectivity index (χ4n) is 1.95. The lowest BCUT2D eigenvalue weighted by molar-refractivity contribution is 0.294. The molecule has 1 aromatic rings. The molecule has 0 atom stereocenters. The van der Waals surface area contributed by atoms with Crippen molar-refractivity contribution in [1.29, 1.82) is 0 Å². The van der Waals surface area contributed by atoms with Gasteiger partial charge in [-0.25, -0.2) is 0 Å². The fraction of sp³-hybridized carbons (Fsp3) is 0.556. The van der Waals surface area contributed by atoms with E-state index in [9.17, 15) is 0 Å². The first kappa shape index (κ1) is 17.6.